The lowest BCUT2D eigenvalue weighted by Crippen LogP contribution is -2.34. The van der Waals surface area contributed by atoms with Crippen molar-refractivity contribution in [1.29, 1.82) is 0 Å². The highest BCUT2D eigenvalue weighted by molar-refractivity contribution is 6.20. The zero-order valence-electron chi connectivity index (χ0n) is 14.7. The van der Waals surface area contributed by atoms with Crippen LogP contribution in [0.25, 0.3) is 0 Å². The minimum atomic E-state index is -0.816. The van der Waals surface area contributed by atoms with E-state index in [0.717, 1.165) is 4.90 Å². The molecule has 28 heavy (non-hydrogen) atoms. The third-order valence-electron chi connectivity index (χ3n) is 4.01. The van der Waals surface area contributed by atoms with Crippen molar-refractivity contribution in [3.63, 3.8) is 0 Å². The number of amides is 4. The largest absolute Gasteiger partial charge is 0.452 e. The molecular weight excluding hydrogens is 364 g/mol. The summed E-state index contributed by atoms with van der Waals surface area (Å²) in [7, 11) is 0. The first kappa shape index (κ1) is 19.0. The van der Waals surface area contributed by atoms with Crippen LogP contribution in [-0.2, 0) is 19.1 Å². The average Bonchev–Trinajstić information content (AvgIpc) is 3.05. The molecule has 0 radical (unpaired) electrons. The number of benzene rings is 2. The van der Waals surface area contributed by atoms with E-state index in [9.17, 15) is 24.0 Å². The van der Waals surface area contributed by atoms with Gasteiger partial charge in [-0.25, -0.2) is 4.79 Å². The van der Waals surface area contributed by atoms with Crippen LogP contribution in [0, 0.1) is 0 Å². The molecule has 8 heteroatoms. The van der Waals surface area contributed by atoms with Gasteiger partial charge >= 0.3 is 5.97 Å². The summed E-state index contributed by atoms with van der Waals surface area (Å²) in [4.78, 5) is 60.5. The first-order chi connectivity index (χ1) is 13.5. The van der Waals surface area contributed by atoms with Gasteiger partial charge in [0.15, 0.2) is 6.61 Å². The molecule has 1 aliphatic heterocycles. The van der Waals surface area contributed by atoms with Crippen molar-refractivity contribution in [3.05, 3.63) is 65.7 Å². The molecule has 0 bridgehead atoms. The van der Waals surface area contributed by atoms with Crippen molar-refractivity contribution in [2.24, 2.45) is 0 Å². The molecule has 0 atom stereocenters. The molecule has 0 spiro atoms. The van der Waals surface area contributed by atoms with E-state index in [-0.39, 0.29) is 35.9 Å². The lowest BCUT2D eigenvalue weighted by atomic mass is 10.2. The van der Waals surface area contributed by atoms with Gasteiger partial charge in [-0.3, -0.25) is 29.4 Å². The van der Waals surface area contributed by atoms with Crippen LogP contribution in [0.5, 0.6) is 0 Å². The number of nitrogens with one attached hydrogen (secondary N) is 1. The van der Waals surface area contributed by atoms with Crippen LogP contribution in [0.1, 0.15) is 33.6 Å². The van der Waals surface area contributed by atoms with E-state index in [2.05, 4.69) is 5.32 Å². The zero-order chi connectivity index (χ0) is 20.1. The zero-order valence-corrected chi connectivity index (χ0v) is 14.7. The molecule has 8 nitrogen and oxygen atoms in total. The molecule has 0 saturated carbocycles. The Hall–Kier alpha value is -3.81. The third-order valence-corrected chi connectivity index (χ3v) is 4.01. The number of hydrogen-bond donors (Lipinski definition) is 1. The van der Waals surface area contributed by atoms with Crippen LogP contribution in [0.4, 0.5) is 5.69 Å². The van der Waals surface area contributed by atoms with Crippen LogP contribution in [0.3, 0.4) is 0 Å². The summed E-state index contributed by atoms with van der Waals surface area (Å²) in [5.41, 5.74) is 0.646. The first-order valence-corrected chi connectivity index (χ1v) is 8.48. The maximum Gasteiger partial charge on any atom is 0.338 e. The topological polar surface area (TPSA) is 110 Å². The van der Waals surface area contributed by atoms with Crippen LogP contribution in [-0.4, -0.2) is 36.2 Å². The number of nitrogens with zero attached hydrogens (tertiary/aromatic N) is 1. The number of hydrogen-bond acceptors (Lipinski definition) is 6. The number of carbonyl (C=O) groups is 5. The summed E-state index contributed by atoms with van der Waals surface area (Å²) in [5.74, 6) is -2.87. The van der Waals surface area contributed by atoms with Gasteiger partial charge in [0.25, 0.3) is 11.8 Å². The lowest BCUT2D eigenvalue weighted by Gasteiger charge is -2.14. The maximum absolute atomic E-state index is 12.2. The van der Waals surface area contributed by atoms with Crippen molar-refractivity contribution in [2.75, 3.05) is 11.5 Å². The van der Waals surface area contributed by atoms with E-state index < -0.39 is 24.4 Å². The second kappa shape index (κ2) is 8.26. The van der Waals surface area contributed by atoms with Crippen molar-refractivity contribution in [1.82, 2.24) is 5.32 Å². The van der Waals surface area contributed by atoms with Crippen molar-refractivity contribution >= 4 is 35.3 Å². The Balaban J connectivity index is 1.58. The Labute approximate surface area is 160 Å². The molecule has 1 aliphatic rings. The summed E-state index contributed by atoms with van der Waals surface area (Å²) in [6.45, 7) is -0.650. The number of carbonyl (C=O) groups excluding carboxylic acids is 5. The Morgan fingerprint density at radius 2 is 1.54 bits per heavy atom. The molecule has 0 aliphatic carbocycles. The minimum Gasteiger partial charge on any atom is -0.452 e. The van der Waals surface area contributed by atoms with E-state index >= 15 is 0 Å². The van der Waals surface area contributed by atoms with Gasteiger partial charge in [0.1, 0.15) is 0 Å². The molecule has 1 heterocycles. The SMILES string of the molecule is O=C(COC(=O)c1cccc(N2C(=O)CCC2=O)c1)NC(=O)c1ccccc1. The fourth-order valence-corrected chi connectivity index (χ4v) is 2.68. The molecule has 1 N–H and O–H groups in total. The lowest BCUT2D eigenvalue weighted by molar-refractivity contribution is -0.123. The Kier molecular flexibility index (Phi) is 5.59. The summed E-state index contributed by atoms with van der Waals surface area (Å²) in [6, 6.07) is 13.9. The molecule has 0 aromatic heterocycles. The van der Waals surface area contributed by atoms with E-state index in [0.29, 0.717) is 5.56 Å². The highest BCUT2D eigenvalue weighted by Gasteiger charge is 2.30. The Morgan fingerprint density at radius 3 is 2.21 bits per heavy atom. The number of imide groups is 2. The Bertz CT molecular complexity index is 938. The summed E-state index contributed by atoms with van der Waals surface area (Å²) < 4.78 is 4.91. The van der Waals surface area contributed by atoms with Gasteiger partial charge in [0.2, 0.25) is 11.8 Å². The van der Waals surface area contributed by atoms with E-state index in [1.807, 2.05) is 0 Å². The van der Waals surface area contributed by atoms with Crippen LogP contribution < -0.4 is 10.2 Å². The normalized spacial score (nSPS) is 13.4. The molecular formula is C20H16N2O6. The fourth-order valence-electron chi connectivity index (χ4n) is 2.68. The maximum atomic E-state index is 12.2. The molecule has 2 aromatic carbocycles. The van der Waals surface area contributed by atoms with E-state index in [4.69, 9.17) is 4.74 Å². The van der Waals surface area contributed by atoms with Gasteiger partial charge < -0.3 is 4.74 Å². The standard InChI is InChI=1S/C20H16N2O6/c23-16(21-19(26)13-5-2-1-3-6-13)12-28-20(27)14-7-4-8-15(11-14)22-17(24)9-10-18(22)25/h1-8,11H,9-10,12H2,(H,21,23,26). The quantitative estimate of drug-likeness (QED) is 0.621. The van der Waals surface area contributed by atoms with E-state index in [1.165, 1.54) is 24.3 Å². The van der Waals surface area contributed by atoms with Crippen LogP contribution >= 0.6 is 0 Å². The summed E-state index contributed by atoms with van der Waals surface area (Å²) >= 11 is 0. The molecule has 3 rings (SSSR count). The summed E-state index contributed by atoms with van der Waals surface area (Å²) in [5, 5.41) is 2.12. The number of rotatable bonds is 5. The van der Waals surface area contributed by atoms with Gasteiger partial charge in [-0.05, 0) is 30.3 Å². The van der Waals surface area contributed by atoms with Gasteiger partial charge in [-0.2, -0.15) is 0 Å². The van der Waals surface area contributed by atoms with Crippen LogP contribution in [0.2, 0.25) is 0 Å². The predicted octanol–water partition coefficient (Wildman–Crippen LogP) is 1.45. The van der Waals surface area contributed by atoms with Gasteiger partial charge in [0.05, 0.1) is 11.3 Å². The number of esters is 1. The fraction of sp³-hybridized carbons (Fsp3) is 0.150. The third kappa shape index (κ3) is 4.29. The second-order valence-corrected chi connectivity index (χ2v) is 5.99. The molecule has 142 valence electrons. The molecule has 4 amide bonds. The minimum absolute atomic E-state index is 0.0761. The Morgan fingerprint density at radius 1 is 0.893 bits per heavy atom. The van der Waals surface area contributed by atoms with Gasteiger partial charge in [0, 0.05) is 18.4 Å². The van der Waals surface area contributed by atoms with E-state index in [1.54, 1.807) is 30.3 Å². The smallest absolute Gasteiger partial charge is 0.338 e. The van der Waals surface area contributed by atoms with Crippen LogP contribution in [0.15, 0.2) is 54.6 Å². The highest BCUT2D eigenvalue weighted by Crippen LogP contribution is 2.23. The average molecular weight is 380 g/mol. The molecule has 0 unspecified atom stereocenters. The van der Waals surface area contributed by atoms with Crippen molar-refractivity contribution in [3.8, 4) is 0 Å². The molecule has 2 aromatic rings. The number of ether oxygens (including phenoxy) is 1. The first-order valence-electron chi connectivity index (χ1n) is 8.48. The predicted molar refractivity (Wildman–Crippen MR) is 97.4 cm³/mol. The second-order valence-electron chi connectivity index (χ2n) is 5.99. The molecule has 1 fully saturated rings. The van der Waals surface area contributed by atoms with Gasteiger partial charge in [-0.1, -0.05) is 24.3 Å². The summed E-state index contributed by atoms with van der Waals surface area (Å²) in [6.07, 6.45) is 0.256. The van der Waals surface area contributed by atoms with Crippen molar-refractivity contribution in [2.45, 2.75) is 12.8 Å². The highest BCUT2D eigenvalue weighted by atomic mass is 16.5. The van der Waals surface area contributed by atoms with Crippen molar-refractivity contribution < 1.29 is 28.7 Å². The van der Waals surface area contributed by atoms with Gasteiger partial charge in [-0.15, -0.1) is 0 Å². The monoisotopic (exact) mass is 380 g/mol. The molecule has 1 saturated heterocycles. The number of anilines is 1.